The molecule has 1 N–H and O–H groups in total. The topological polar surface area (TPSA) is 74.7 Å². The lowest BCUT2D eigenvalue weighted by molar-refractivity contribution is -0.143. The molecule has 2 atom stereocenters. The zero-order valence-corrected chi connectivity index (χ0v) is 13.4. The van der Waals surface area contributed by atoms with Crippen LogP contribution in [0.2, 0.25) is 0 Å². The van der Waals surface area contributed by atoms with E-state index in [1.165, 1.54) is 0 Å². The van der Waals surface area contributed by atoms with Gasteiger partial charge in [0.1, 0.15) is 5.82 Å². The Hall–Kier alpha value is -1.68. The lowest BCUT2D eigenvalue weighted by Gasteiger charge is -2.33. The zero-order valence-electron chi connectivity index (χ0n) is 12.5. The summed E-state index contributed by atoms with van der Waals surface area (Å²) in [4.78, 5) is 10.4. The van der Waals surface area contributed by atoms with E-state index in [1.54, 1.807) is 6.92 Å². The Morgan fingerprint density at radius 1 is 1.29 bits per heavy atom. The molecule has 1 saturated heterocycles. The first-order chi connectivity index (χ1) is 10.9. The minimum Gasteiger partial charge on any atom is -0.481 e. The molecular weight excluding hydrogens is 354 g/mol. The van der Waals surface area contributed by atoms with Gasteiger partial charge in [-0.3, -0.25) is 4.79 Å². The average Bonchev–Trinajstić information content (AvgIpc) is 2.45. The van der Waals surface area contributed by atoms with Gasteiger partial charge in [-0.1, -0.05) is 6.92 Å². The molecule has 10 heteroatoms. The molecule has 5 nitrogen and oxygen atoms in total. The summed E-state index contributed by atoms with van der Waals surface area (Å²) in [7, 11) is -4.36. The van der Waals surface area contributed by atoms with Gasteiger partial charge in [0.15, 0.2) is 0 Å². The van der Waals surface area contributed by atoms with E-state index in [2.05, 4.69) is 0 Å². The summed E-state index contributed by atoms with van der Waals surface area (Å²) in [6.07, 6.45) is -4.76. The van der Waals surface area contributed by atoms with Crippen molar-refractivity contribution in [2.75, 3.05) is 13.1 Å². The van der Waals surface area contributed by atoms with Gasteiger partial charge in [-0.15, -0.1) is 0 Å². The highest BCUT2D eigenvalue weighted by atomic mass is 32.2. The predicted octanol–water partition coefficient (Wildman–Crippen LogP) is 2.58. The van der Waals surface area contributed by atoms with Crippen LogP contribution < -0.4 is 0 Å². The van der Waals surface area contributed by atoms with Crippen molar-refractivity contribution in [2.24, 2.45) is 11.8 Å². The summed E-state index contributed by atoms with van der Waals surface area (Å²) in [6.45, 7) is 1.31. The normalized spacial score (nSPS) is 23.2. The van der Waals surface area contributed by atoms with Crippen molar-refractivity contribution < 1.29 is 35.9 Å². The summed E-state index contributed by atoms with van der Waals surface area (Å²) in [5.41, 5.74) is -1.68. The molecule has 0 saturated carbocycles. The molecule has 134 valence electrons. The Labute approximate surface area is 135 Å². The molecule has 0 aromatic heterocycles. The second-order valence-corrected chi connectivity index (χ2v) is 7.78. The van der Waals surface area contributed by atoms with E-state index in [1.807, 2.05) is 0 Å². The number of carboxylic acids is 1. The fourth-order valence-corrected chi connectivity index (χ4v) is 4.34. The molecule has 1 heterocycles. The number of benzene rings is 1. The number of sulfonamides is 1. The van der Waals surface area contributed by atoms with Crippen LogP contribution in [0.15, 0.2) is 23.1 Å². The molecule has 2 unspecified atom stereocenters. The van der Waals surface area contributed by atoms with Crippen molar-refractivity contribution in [2.45, 2.75) is 24.4 Å². The third-order valence-corrected chi connectivity index (χ3v) is 5.68. The number of hydrogen-bond donors (Lipinski definition) is 1. The van der Waals surface area contributed by atoms with Gasteiger partial charge in [0.25, 0.3) is 0 Å². The number of hydrogen-bond acceptors (Lipinski definition) is 3. The maximum atomic E-state index is 13.3. The van der Waals surface area contributed by atoms with E-state index >= 15 is 0 Å². The van der Waals surface area contributed by atoms with Crippen molar-refractivity contribution in [1.82, 2.24) is 4.31 Å². The standard InChI is InChI=1S/C14H15F4NO4S/c1-8-4-9(13(20)21)7-19(6-8)24(22,23)10-2-3-12(15)11(5-10)14(16,17)18/h2-3,5,8-9H,4,6-7H2,1H3,(H,20,21). The van der Waals surface area contributed by atoms with Crippen LogP contribution in [0.4, 0.5) is 17.6 Å². The second-order valence-electron chi connectivity index (χ2n) is 5.84. The molecule has 1 fully saturated rings. The maximum Gasteiger partial charge on any atom is 0.419 e. The van der Waals surface area contributed by atoms with Crippen LogP contribution >= 0.6 is 0 Å². The van der Waals surface area contributed by atoms with Gasteiger partial charge in [0, 0.05) is 13.1 Å². The fourth-order valence-electron chi connectivity index (χ4n) is 2.71. The first kappa shape index (κ1) is 18.7. The van der Waals surface area contributed by atoms with Gasteiger partial charge < -0.3 is 5.11 Å². The minimum absolute atomic E-state index is 0.00909. The molecule has 0 spiro atoms. The number of halogens is 4. The summed E-state index contributed by atoms with van der Waals surface area (Å²) in [5.74, 6) is -3.95. The Morgan fingerprint density at radius 3 is 2.46 bits per heavy atom. The number of carboxylic acid groups (broad SMARTS) is 1. The van der Waals surface area contributed by atoms with Crippen LogP contribution in [0, 0.1) is 17.7 Å². The van der Waals surface area contributed by atoms with E-state index in [0.717, 1.165) is 10.4 Å². The molecule has 1 aliphatic rings. The largest absolute Gasteiger partial charge is 0.481 e. The van der Waals surface area contributed by atoms with Crippen molar-refractivity contribution in [3.8, 4) is 0 Å². The van der Waals surface area contributed by atoms with E-state index in [4.69, 9.17) is 5.11 Å². The highest BCUT2D eigenvalue weighted by Crippen LogP contribution is 2.34. The highest BCUT2D eigenvalue weighted by molar-refractivity contribution is 7.89. The Balaban J connectivity index is 2.42. The molecule has 0 bridgehead atoms. The van der Waals surface area contributed by atoms with Gasteiger partial charge >= 0.3 is 12.1 Å². The third kappa shape index (κ3) is 3.69. The maximum absolute atomic E-state index is 13.3. The van der Waals surface area contributed by atoms with Gasteiger partial charge in [0.2, 0.25) is 10.0 Å². The monoisotopic (exact) mass is 369 g/mol. The summed E-state index contributed by atoms with van der Waals surface area (Å²) < 4.78 is 77.5. The number of piperidine rings is 1. The number of carbonyl (C=O) groups is 1. The fraction of sp³-hybridized carbons (Fsp3) is 0.500. The molecule has 0 radical (unpaired) electrons. The molecule has 1 aliphatic heterocycles. The quantitative estimate of drug-likeness (QED) is 0.831. The lowest BCUT2D eigenvalue weighted by Crippen LogP contribution is -2.45. The number of aliphatic carboxylic acids is 1. The van der Waals surface area contributed by atoms with Crippen molar-refractivity contribution >= 4 is 16.0 Å². The first-order valence-corrected chi connectivity index (χ1v) is 8.46. The number of nitrogens with zero attached hydrogens (tertiary/aromatic N) is 1. The molecule has 0 aliphatic carbocycles. The van der Waals surface area contributed by atoms with Gasteiger partial charge in [-0.2, -0.15) is 17.5 Å². The van der Waals surface area contributed by atoms with Crippen LogP contribution in [0.1, 0.15) is 18.9 Å². The van der Waals surface area contributed by atoms with E-state index in [0.29, 0.717) is 6.07 Å². The molecular formula is C14H15F4NO4S. The van der Waals surface area contributed by atoms with Gasteiger partial charge in [-0.05, 0) is 30.5 Å². The van der Waals surface area contributed by atoms with Crippen LogP contribution in [0.5, 0.6) is 0 Å². The van der Waals surface area contributed by atoms with Crippen molar-refractivity contribution in [1.29, 1.82) is 0 Å². The van der Waals surface area contributed by atoms with E-state index in [9.17, 15) is 30.8 Å². The molecule has 2 rings (SSSR count). The van der Waals surface area contributed by atoms with Gasteiger partial charge in [0.05, 0.1) is 16.4 Å². The third-order valence-electron chi connectivity index (χ3n) is 3.86. The summed E-state index contributed by atoms with van der Waals surface area (Å²) in [5, 5.41) is 9.08. The predicted molar refractivity (Wildman–Crippen MR) is 75.1 cm³/mol. The summed E-state index contributed by atoms with van der Waals surface area (Å²) in [6, 6.07) is 1.42. The Bertz CT molecular complexity index is 748. The molecule has 0 amide bonds. The van der Waals surface area contributed by atoms with Crippen molar-refractivity contribution in [3.63, 3.8) is 0 Å². The zero-order chi connectivity index (χ0) is 18.3. The molecule has 24 heavy (non-hydrogen) atoms. The molecule has 1 aromatic rings. The van der Waals surface area contributed by atoms with Crippen LogP contribution in [0.3, 0.4) is 0 Å². The number of rotatable bonds is 3. The second kappa shape index (κ2) is 6.32. The lowest BCUT2D eigenvalue weighted by atomic mass is 9.92. The minimum atomic E-state index is -5.03. The summed E-state index contributed by atoms with van der Waals surface area (Å²) >= 11 is 0. The van der Waals surface area contributed by atoms with Gasteiger partial charge in [-0.25, -0.2) is 12.8 Å². The highest BCUT2D eigenvalue weighted by Gasteiger charge is 2.39. The first-order valence-electron chi connectivity index (χ1n) is 7.02. The Morgan fingerprint density at radius 2 is 1.92 bits per heavy atom. The van der Waals surface area contributed by atoms with Crippen LogP contribution in [-0.4, -0.2) is 36.9 Å². The van der Waals surface area contributed by atoms with E-state index in [-0.39, 0.29) is 31.5 Å². The number of alkyl halides is 3. The SMILES string of the molecule is CC1CC(C(=O)O)CN(S(=O)(=O)c2ccc(F)c(C(F)(F)F)c2)C1. The smallest absolute Gasteiger partial charge is 0.419 e. The van der Waals surface area contributed by atoms with Crippen molar-refractivity contribution in [3.05, 3.63) is 29.6 Å². The van der Waals surface area contributed by atoms with Crippen LogP contribution in [-0.2, 0) is 21.0 Å². The average molecular weight is 369 g/mol. The molecule has 1 aromatic carbocycles. The Kier molecular flexibility index (Phi) is 4.91. The van der Waals surface area contributed by atoms with E-state index < -0.39 is 44.4 Å². The van der Waals surface area contributed by atoms with Crippen LogP contribution in [0.25, 0.3) is 0 Å².